The number of thiophene rings is 1. The maximum absolute atomic E-state index is 2.42. The van der Waals surface area contributed by atoms with E-state index in [0.29, 0.717) is 0 Å². The lowest BCUT2D eigenvalue weighted by Crippen LogP contribution is -2.15. The van der Waals surface area contributed by atoms with Crippen LogP contribution < -0.4 is 4.90 Å². The summed E-state index contributed by atoms with van der Waals surface area (Å²) in [5.41, 5.74) is 14.9. The van der Waals surface area contributed by atoms with Crippen LogP contribution in [0.4, 0.5) is 17.1 Å². The first-order chi connectivity index (χ1) is 24.0. The van der Waals surface area contributed by atoms with Crippen LogP contribution in [0, 0.1) is 0 Å². The van der Waals surface area contributed by atoms with Crippen LogP contribution in [-0.2, 0) is 5.41 Å². The molecule has 2 heteroatoms. The number of hydrogen-bond acceptors (Lipinski definition) is 2. The molecule has 0 radical (unpaired) electrons. The van der Waals surface area contributed by atoms with Gasteiger partial charge >= 0.3 is 0 Å². The summed E-state index contributed by atoms with van der Waals surface area (Å²) in [5.74, 6) is 0. The molecule has 1 aliphatic carbocycles. The summed E-state index contributed by atoms with van der Waals surface area (Å²) >= 11 is 1.93. The minimum atomic E-state index is -0.0468. The molecule has 49 heavy (non-hydrogen) atoms. The molecule has 0 unspecified atom stereocenters. The van der Waals surface area contributed by atoms with E-state index in [-0.39, 0.29) is 5.41 Å². The molecule has 8 aromatic rings. The molecule has 1 aliphatic rings. The van der Waals surface area contributed by atoms with E-state index in [4.69, 9.17) is 0 Å². The van der Waals surface area contributed by atoms with Crippen LogP contribution in [0.25, 0.3) is 53.9 Å². The number of benzene rings is 7. The van der Waals surface area contributed by atoms with E-state index in [9.17, 15) is 0 Å². The van der Waals surface area contributed by atoms with Crippen molar-refractivity contribution in [2.24, 2.45) is 0 Å². The van der Waals surface area contributed by atoms with Crippen molar-refractivity contribution in [3.63, 3.8) is 0 Å². The number of rotatable bonds is 6. The van der Waals surface area contributed by atoms with E-state index in [1.165, 1.54) is 65.0 Å². The summed E-state index contributed by atoms with van der Waals surface area (Å²) in [4.78, 5) is 3.78. The van der Waals surface area contributed by atoms with Gasteiger partial charge < -0.3 is 4.90 Å². The fourth-order valence-electron chi connectivity index (χ4n) is 7.55. The van der Waals surface area contributed by atoms with Gasteiger partial charge in [0.25, 0.3) is 0 Å². The van der Waals surface area contributed by atoms with Gasteiger partial charge in [-0.15, -0.1) is 11.3 Å². The Morgan fingerprint density at radius 2 is 0.857 bits per heavy atom. The van der Waals surface area contributed by atoms with Gasteiger partial charge in [-0.2, -0.15) is 0 Å². The molecule has 0 atom stereocenters. The van der Waals surface area contributed by atoms with Gasteiger partial charge in [0.2, 0.25) is 0 Å². The first-order valence-electron chi connectivity index (χ1n) is 16.9. The van der Waals surface area contributed by atoms with E-state index >= 15 is 0 Å². The van der Waals surface area contributed by atoms with Gasteiger partial charge in [0.1, 0.15) is 0 Å². The van der Waals surface area contributed by atoms with Crippen LogP contribution in [-0.4, -0.2) is 0 Å². The van der Waals surface area contributed by atoms with Gasteiger partial charge in [-0.25, -0.2) is 0 Å². The number of fused-ring (bicyclic) bond motifs is 5. The Balaban J connectivity index is 1.08. The van der Waals surface area contributed by atoms with Crippen molar-refractivity contribution in [1.82, 2.24) is 0 Å². The molecule has 0 N–H and O–H groups in total. The second-order valence-electron chi connectivity index (χ2n) is 13.4. The second kappa shape index (κ2) is 11.8. The first kappa shape index (κ1) is 29.4. The maximum atomic E-state index is 2.42. The van der Waals surface area contributed by atoms with E-state index in [1.807, 2.05) is 11.3 Å². The smallest absolute Gasteiger partial charge is 0.0462 e. The number of hydrogen-bond donors (Lipinski definition) is 0. The molecule has 1 aromatic heterocycles. The lowest BCUT2D eigenvalue weighted by Gasteiger charge is -2.26. The second-order valence-corrected chi connectivity index (χ2v) is 14.4. The Hall–Kier alpha value is -5.70. The normalized spacial score (nSPS) is 12.9. The number of nitrogens with zero attached hydrogens (tertiary/aromatic N) is 1. The predicted molar refractivity (Wildman–Crippen MR) is 210 cm³/mol. The average molecular weight is 646 g/mol. The fourth-order valence-corrected chi connectivity index (χ4v) is 8.95. The van der Waals surface area contributed by atoms with Crippen LogP contribution in [0.5, 0.6) is 0 Å². The Labute approximate surface area is 292 Å². The minimum Gasteiger partial charge on any atom is -0.311 e. The largest absolute Gasteiger partial charge is 0.311 e. The van der Waals surface area contributed by atoms with Crippen LogP contribution in [0.3, 0.4) is 0 Å². The van der Waals surface area contributed by atoms with Crippen molar-refractivity contribution in [3.8, 4) is 43.8 Å². The highest BCUT2D eigenvalue weighted by Crippen LogP contribution is 2.55. The van der Waals surface area contributed by atoms with Crippen molar-refractivity contribution in [2.75, 3.05) is 4.90 Å². The maximum Gasteiger partial charge on any atom is 0.0462 e. The molecule has 0 bridgehead atoms. The molecule has 0 aliphatic heterocycles. The Morgan fingerprint density at radius 3 is 1.39 bits per heavy atom. The Kier molecular flexibility index (Phi) is 7.07. The molecule has 1 nitrogen and oxygen atoms in total. The summed E-state index contributed by atoms with van der Waals surface area (Å²) in [6.07, 6.45) is 0. The minimum absolute atomic E-state index is 0.0468. The Morgan fingerprint density at radius 1 is 0.429 bits per heavy atom. The molecule has 0 saturated carbocycles. The van der Waals surface area contributed by atoms with E-state index in [2.05, 4.69) is 195 Å². The van der Waals surface area contributed by atoms with Gasteiger partial charge in [0.15, 0.2) is 0 Å². The number of anilines is 3. The molecular weight excluding hydrogens is 611 g/mol. The lowest BCUT2D eigenvalue weighted by atomic mass is 9.80. The van der Waals surface area contributed by atoms with Crippen LogP contribution in [0.15, 0.2) is 176 Å². The van der Waals surface area contributed by atoms with Crippen molar-refractivity contribution < 1.29 is 0 Å². The average Bonchev–Trinajstić information content (AvgIpc) is 3.66. The van der Waals surface area contributed by atoms with Crippen molar-refractivity contribution in [3.05, 3.63) is 187 Å². The zero-order valence-electron chi connectivity index (χ0n) is 27.6. The molecular formula is C47H35NS. The molecule has 0 fully saturated rings. The molecule has 0 amide bonds. The quantitative estimate of drug-likeness (QED) is 0.174. The highest BCUT2D eigenvalue weighted by Gasteiger charge is 2.38. The molecule has 0 spiro atoms. The standard InChI is InChI=1S/C47H35NS/c1-47(2)43-31-37(23-30-41(43)46-45(47)42-15-9-10-16-44(42)49-46)36-21-28-40(29-22-36)48(38-24-17-34(18-25-38)32-11-5-3-6-12-32)39-26-19-35(20-27-39)33-13-7-4-8-14-33/h3-31H,1-2H3. The van der Waals surface area contributed by atoms with Crippen LogP contribution >= 0.6 is 11.3 Å². The van der Waals surface area contributed by atoms with Gasteiger partial charge in [0.05, 0.1) is 0 Å². The molecule has 234 valence electrons. The van der Waals surface area contributed by atoms with E-state index in [1.54, 1.807) is 0 Å². The van der Waals surface area contributed by atoms with Crippen molar-refractivity contribution in [1.29, 1.82) is 0 Å². The zero-order valence-corrected chi connectivity index (χ0v) is 28.4. The Bertz CT molecular complexity index is 2340. The topological polar surface area (TPSA) is 3.24 Å². The van der Waals surface area contributed by atoms with Crippen molar-refractivity contribution >= 4 is 38.5 Å². The third-order valence-electron chi connectivity index (χ3n) is 10.1. The summed E-state index contributed by atoms with van der Waals surface area (Å²) in [7, 11) is 0. The molecule has 9 rings (SSSR count). The third-order valence-corrected chi connectivity index (χ3v) is 11.3. The van der Waals surface area contributed by atoms with Crippen LogP contribution in [0.2, 0.25) is 0 Å². The van der Waals surface area contributed by atoms with Gasteiger partial charge in [0, 0.05) is 32.1 Å². The summed E-state index contributed by atoms with van der Waals surface area (Å²) in [6, 6.07) is 63.9. The SMILES string of the molecule is CC1(C)c2cc(-c3ccc(N(c4ccc(-c5ccccc5)cc4)c4ccc(-c5ccccc5)cc4)cc3)ccc2-c2sc3ccccc3c21. The first-order valence-corrected chi connectivity index (χ1v) is 17.7. The predicted octanol–water partition coefficient (Wildman–Crippen LogP) is 13.7. The third kappa shape index (κ3) is 5.08. The van der Waals surface area contributed by atoms with Crippen LogP contribution in [0.1, 0.15) is 25.0 Å². The monoisotopic (exact) mass is 645 g/mol. The van der Waals surface area contributed by atoms with Crippen molar-refractivity contribution in [2.45, 2.75) is 19.3 Å². The van der Waals surface area contributed by atoms with Gasteiger partial charge in [-0.3, -0.25) is 0 Å². The molecule has 7 aromatic carbocycles. The summed E-state index contributed by atoms with van der Waals surface area (Å²) in [6.45, 7) is 4.77. The molecule has 0 saturated heterocycles. The summed E-state index contributed by atoms with van der Waals surface area (Å²) < 4.78 is 1.37. The highest BCUT2D eigenvalue weighted by atomic mass is 32.1. The zero-order chi connectivity index (χ0) is 33.0. The van der Waals surface area contributed by atoms with E-state index in [0.717, 1.165) is 17.1 Å². The van der Waals surface area contributed by atoms with Gasteiger partial charge in [-0.05, 0) is 104 Å². The van der Waals surface area contributed by atoms with E-state index < -0.39 is 0 Å². The summed E-state index contributed by atoms with van der Waals surface area (Å²) in [5, 5.41) is 1.39. The lowest BCUT2D eigenvalue weighted by molar-refractivity contribution is 0.667. The highest BCUT2D eigenvalue weighted by molar-refractivity contribution is 7.22. The molecule has 1 heterocycles. The fraction of sp³-hybridized carbons (Fsp3) is 0.0638. The van der Waals surface area contributed by atoms with Gasteiger partial charge in [-0.1, -0.05) is 141 Å².